The minimum Gasteiger partial charge on any atom is -0.318 e. The van der Waals surface area contributed by atoms with Gasteiger partial charge in [0.1, 0.15) is 0 Å². The van der Waals surface area contributed by atoms with Gasteiger partial charge in [0.05, 0.1) is 0 Å². The van der Waals surface area contributed by atoms with Crippen LogP contribution in [0.3, 0.4) is 0 Å². The topological polar surface area (TPSA) is 24.1 Å². The van der Waals surface area contributed by atoms with Gasteiger partial charge in [0.2, 0.25) is 0 Å². The standard InChI is InChI=1S/C9H20N2.2CH4/c1-10-7-8-11-9-5-3-2-4-6-9;;/h9-11H,2-8H2,1H3;2*1H4. The van der Waals surface area contributed by atoms with Crippen LogP contribution in [0.2, 0.25) is 0 Å². The number of nitrogens with one attached hydrogen (secondary N) is 2. The van der Waals surface area contributed by atoms with E-state index in [-0.39, 0.29) is 14.9 Å². The molecule has 1 aliphatic carbocycles. The van der Waals surface area contributed by atoms with Crippen molar-refractivity contribution in [3.05, 3.63) is 0 Å². The first-order valence-corrected chi connectivity index (χ1v) is 4.81. The van der Waals surface area contributed by atoms with Crippen molar-refractivity contribution in [3.8, 4) is 0 Å². The zero-order valence-corrected chi connectivity index (χ0v) is 7.53. The summed E-state index contributed by atoms with van der Waals surface area (Å²) in [6.07, 6.45) is 7.09. The van der Waals surface area contributed by atoms with Gasteiger partial charge in [-0.25, -0.2) is 0 Å². The van der Waals surface area contributed by atoms with Gasteiger partial charge in [0, 0.05) is 19.1 Å². The first kappa shape index (κ1) is 15.4. The van der Waals surface area contributed by atoms with Crippen molar-refractivity contribution in [1.29, 1.82) is 0 Å². The van der Waals surface area contributed by atoms with Crippen LogP contribution in [-0.4, -0.2) is 26.2 Å². The first-order valence-electron chi connectivity index (χ1n) is 4.81. The first-order chi connectivity index (χ1) is 5.43. The molecule has 0 radical (unpaired) electrons. The molecule has 0 aromatic rings. The van der Waals surface area contributed by atoms with Crippen molar-refractivity contribution in [1.82, 2.24) is 10.6 Å². The maximum atomic E-state index is 3.56. The molecule has 0 saturated heterocycles. The maximum Gasteiger partial charge on any atom is 0.00792 e. The van der Waals surface area contributed by atoms with Crippen LogP contribution in [0.1, 0.15) is 47.0 Å². The fourth-order valence-corrected chi connectivity index (χ4v) is 1.71. The third-order valence-corrected chi connectivity index (χ3v) is 2.41. The third kappa shape index (κ3) is 7.03. The molecule has 0 heterocycles. The van der Waals surface area contributed by atoms with Crippen LogP contribution in [0, 0.1) is 0 Å². The Morgan fingerprint density at radius 3 is 2.15 bits per heavy atom. The summed E-state index contributed by atoms with van der Waals surface area (Å²) in [6, 6.07) is 0.817. The molecule has 0 bridgehead atoms. The predicted molar refractivity (Wildman–Crippen MR) is 62.3 cm³/mol. The Morgan fingerprint density at radius 2 is 1.62 bits per heavy atom. The second-order valence-electron chi connectivity index (χ2n) is 3.39. The van der Waals surface area contributed by atoms with Crippen molar-refractivity contribution < 1.29 is 0 Å². The number of hydrogen-bond acceptors (Lipinski definition) is 2. The van der Waals surface area contributed by atoms with Crippen LogP contribution in [0.15, 0.2) is 0 Å². The molecule has 2 heteroatoms. The minimum atomic E-state index is 0. The van der Waals surface area contributed by atoms with E-state index in [1.807, 2.05) is 7.05 Å². The van der Waals surface area contributed by atoms with Gasteiger partial charge in [0.25, 0.3) is 0 Å². The normalized spacial score (nSPS) is 17.3. The molecule has 0 unspecified atom stereocenters. The van der Waals surface area contributed by atoms with E-state index in [1.165, 1.54) is 32.1 Å². The van der Waals surface area contributed by atoms with Crippen LogP contribution < -0.4 is 10.6 Å². The SMILES string of the molecule is C.C.CNCCNC1CCCCC1. The number of hydrogen-bond donors (Lipinski definition) is 2. The molecule has 0 amide bonds. The average molecular weight is 188 g/mol. The van der Waals surface area contributed by atoms with Crippen LogP contribution >= 0.6 is 0 Å². The lowest BCUT2D eigenvalue weighted by atomic mass is 9.95. The average Bonchev–Trinajstić information content (AvgIpc) is 2.07. The highest BCUT2D eigenvalue weighted by atomic mass is 14.9. The molecule has 1 rings (SSSR count). The highest BCUT2D eigenvalue weighted by molar-refractivity contribution is 4.71. The van der Waals surface area contributed by atoms with Crippen molar-refractivity contribution in [2.45, 2.75) is 53.0 Å². The van der Waals surface area contributed by atoms with E-state index >= 15 is 0 Å². The van der Waals surface area contributed by atoms with Gasteiger partial charge in [-0.05, 0) is 19.9 Å². The monoisotopic (exact) mass is 188 g/mol. The zero-order chi connectivity index (χ0) is 7.94. The summed E-state index contributed by atoms with van der Waals surface area (Å²) < 4.78 is 0. The molecule has 0 aliphatic heterocycles. The van der Waals surface area contributed by atoms with E-state index in [4.69, 9.17) is 0 Å². The highest BCUT2D eigenvalue weighted by Gasteiger charge is 2.11. The molecule has 2 nitrogen and oxygen atoms in total. The lowest BCUT2D eigenvalue weighted by Gasteiger charge is -2.22. The van der Waals surface area contributed by atoms with Gasteiger partial charge >= 0.3 is 0 Å². The molecule has 0 atom stereocenters. The van der Waals surface area contributed by atoms with Crippen LogP contribution in [0.25, 0.3) is 0 Å². The Labute approximate surface area is 84.5 Å². The van der Waals surface area contributed by atoms with Crippen LogP contribution in [-0.2, 0) is 0 Å². The minimum absolute atomic E-state index is 0. The van der Waals surface area contributed by atoms with E-state index in [1.54, 1.807) is 0 Å². The quantitative estimate of drug-likeness (QED) is 0.662. The van der Waals surface area contributed by atoms with Crippen molar-refractivity contribution >= 4 is 0 Å². The van der Waals surface area contributed by atoms with Crippen molar-refractivity contribution in [3.63, 3.8) is 0 Å². The van der Waals surface area contributed by atoms with E-state index in [9.17, 15) is 0 Å². The molecule has 0 aromatic carbocycles. The summed E-state index contributed by atoms with van der Waals surface area (Å²) in [7, 11) is 2.00. The fraction of sp³-hybridized carbons (Fsp3) is 1.00. The third-order valence-electron chi connectivity index (χ3n) is 2.41. The predicted octanol–water partition coefficient (Wildman–Crippen LogP) is 2.40. The zero-order valence-electron chi connectivity index (χ0n) is 7.53. The van der Waals surface area contributed by atoms with E-state index in [0.717, 1.165) is 19.1 Å². The van der Waals surface area contributed by atoms with Crippen molar-refractivity contribution in [2.75, 3.05) is 20.1 Å². The second-order valence-corrected chi connectivity index (χ2v) is 3.39. The molecule has 1 saturated carbocycles. The Morgan fingerprint density at radius 1 is 1.00 bits per heavy atom. The molecule has 2 N–H and O–H groups in total. The molecule has 0 spiro atoms. The van der Waals surface area contributed by atoms with Gasteiger partial charge in [0.15, 0.2) is 0 Å². The molecule has 82 valence electrons. The Hall–Kier alpha value is -0.0800. The molecule has 0 aromatic heterocycles. The number of likely N-dealkylation sites (N-methyl/N-ethyl adjacent to an activating group) is 1. The van der Waals surface area contributed by atoms with Crippen molar-refractivity contribution in [2.24, 2.45) is 0 Å². The van der Waals surface area contributed by atoms with E-state index in [0.29, 0.717) is 0 Å². The van der Waals surface area contributed by atoms with Gasteiger partial charge in [-0.3, -0.25) is 0 Å². The molecule has 1 aliphatic rings. The van der Waals surface area contributed by atoms with Gasteiger partial charge < -0.3 is 10.6 Å². The van der Waals surface area contributed by atoms with Gasteiger partial charge in [-0.2, -0.15) is 0 Å². The Kier molecular flexibility index (Phi) is 11.8. The van der Waals surface area contributed by atoms with Gasteiger partial charge in [-0.15, -0.1) is 0 Å². The Balaban J connectivity index is 0. The highest BCUT2D eigenvalue weighted by Crippen LogP contribution is 2.16. The number of rotatable bonds is 4. The summed E-state index contributed by atoms with van der Waals surface area (Å²) in [5, 5.41) is 6.70. The van der Waals surface area contributed by atoms with Crippen LogP contribution in [0.4, 0.5) is 0 Å². The van der Waals surface area contributed by atoms with E-state index < -0.39 is 0 Å². The Bertz CT molecular complexity index is 88.1. The summed E-state index contributed by atoms with van der Waals surface area (Å²) in [4.78, 5) is 0. The largest absolute Gasteiger partial charge is 0.318 e. The summed E-state index contributed by atoms with van der Waals surface area (Å²) in [5.41, 5.74) is 0. The van der Waals surface area contributed by atoms with Gasteiger partial charge in [-0.1, -0.05) is 34.1 Å². The fourth-order valence-electron chi connectivity index (χ4n) is 1.71. The smallest absolute Gasteiger partial charge is 0.00792 e. The summed E-state index contributed by atoms with van der Waals surface area (Å²) in [6.45, 7) is 2.22. The molecular weight excluding hydrogens is 160 g/mol. The molecule has 1 fully saturated rings. The summed E-state index contributed by atoms with van der Waals surface area (Å²) in [5.74, 6) is 0. The van der Waals surface area contributed by atoms with Crippen LogP contribution in [0.5, 0.6) is 0 Å². The summed E-state index contributed by atoms with van der Waals surface area (Å²) >= 11 is 0. The molecular formula is C11H28N2. The second kappa shape index (κ2) is 10.0. The van der Waals surface area contributed by atoms with E-state index in [2.05, 4.69) is 10.6 Å². The molecule has 13 heavy (non-hydrogen) atoms. The maximum absolute atomic E-state index is 3.56. The lowest BCUT2D eigenvalue weighted by molar-refractivity contribution is 0.374. The lowest BCUT2D eigenvalue weighted by Crippen LogP contribution is -2.35.